The van der Waals surface area contributed by atoms with Crippen LogP contribution in [0.3, 0.4) is 0 Å². The van der Waals surface area contributed by atoms with Crippen LogP contribution in [0.5, 0.6) is 0 Å². The quantitative estimate of drug-likeness (QED) is 0.300. The number of amides is 7. The Morgan fingerprint density at radius 3 is 2.42 bits per heavy atom. The SMILES string of the molecule is CC(C)(C)OC(=O)N[C@H]1CN(C(=O)CCl)CCC/C=C\[C@H]2C[C@@]2(C(=O)N(C(=O)CCl)S(=O)(=O)C2CC2)NC(=O)[C@@H]2CC(OC(=O)N3Cc4cccc(F)c4C3)CN2C1=O. The molecule has 3 fully saturated rings. The van der Waals surface area contributed by atoms with Gasteiger partial charge in [-0.25, -0.2) is 22.4 Å². The third kappa shape index (κ3) is 9.62. The van der Waals surface area contributed by atoms with Crippen LogP contribution in [0.15, 0.2) is 30.4 Å². The molecule has 17 nitrogen and oxygen atoms in total. The number of nitrogens with zero attached hydrogens (tertiary/aromatic N) is 4. The first-order chi connectivity index (χ1) is 27.8. The van der Waals surface area contributed by atoms with E-state index in [0.717, 1.165) is 4.90 Å². The van der Waals surface area contributed by atoms with Crippen LogP contribution in [0.2, 0.25) is 0 Å². The Hall–Kier alpha value is -4.49. The summed E-state index contributed by atoms with van der Waals surface area (Å²) in [6.45, 7) is 4.05. The molecule has 2 aliphatic carbocycles. The molecule has 322 valence electrons. The molecule has 0 aromatic heterocycles. The number of hydrogen-bond acceptors (Lipinski definition) is 11. The van der Waals surface area contributed by atoms with Crippen molar-refractivity contribution in [1.82, 2.24) is 29.6 Å². The Morgan fingerprint density at radius 1 is 1.05 bits per heavy atom. The third-order valence-electron chi connectivity index (χ3n) is 10.8. The maximum atomic E-state index is 14.7. The van der Waals surface area contributed by atoms with Gasteiger partial charge in [0.2, 0.25) is 27.7 Å². The number of carbonyl (C=O) groups excluding carboxylic acids is 7. The van der Waals surface area contributed by atoms with E-state index in [2.05, 4.69) is 10.6 Å². The highest BCUT2D eigenvalue weighted by Crippen LogP contribution is 2.48. The summed E-state index contributed by atoms with van der Waals surface area (Å²) in [4.78, 5) is 100. The number of imide groups is 1. The fourth-order valence-electron chi connectivity index (χ4n) is 7.61. The minimum atomic E-state index is -4.49. The maximum Gasteiger partial charge on any atom is 0.410 e. The molecule has 0 spiro atoms. The van der Waals surface area contributed by atoms with Gasteiger partial charge in [0.05, 0.1) is 24.9 Å². The largest absolute Gasteiger partial charge is 0.444 e. The van der Waals surface area contributed by atoms with Gasteiger partial charge in [-0.1, -0.05) is 24.3 Å². The molecular weight excluding hydrogens is 838 g/mol. The number of rotatable bonds is 7. The molecule has 5 atom stereocenters. The van der Waals surface area contributed by atoms with Gasteiger partial charge >= 0.3 is 12.2 Å². The average Bonchev–Trinajstić information content (AvgIpc) is 4.05. The minimum Gasteiger partial charge on any atom is -0.444 e. The van der Waals surface area contributed by atoms with Crippen molar-refractivity contribution >= 4 is 74.9 Å². The predicted molar refractivity (Wildman–Crippen MR) is 208 cm³/mol. The lowest BCUT2D eigenvalue weighted by atomic mass is 10.1. The zero-order valence-corrected chi connectivity index (χ0v) is 35.1. The number of alkyl carbamates (subject to hydrolysis) is 1. The Bertz CT molecular complexity index is 2050. The number of hydrogen-bond donors (Lipinski definition) is 2. The van der Waals surface area contributed by atoms with E-state index in [1.54, 1.807) is 39.0 Å². The third-order valence-corrected chi connectivity index (χ3v) is 13.4. The van der Waals surface area contributed by atoms with Crippen LogP contribution in [0.25, 0.3) is 0 Å². The van der Waals surface area contributed by atoms with Crippen molar-refractivity contribution in [1.29, 1.82) is 0 Å². The number of allylic oxidation sites excluding steroid dienone is 1. The van der Waals surface area contributed by atoms with E-state index in [4.69, 9.17) is 32.7 Å². The highest BCUT2D eigenvalue weighted by molar-refractivity contribution is 7.91. The number of ether oxygens (including phenoxy) is 2. The summed E-state index contributed by atoms with van der Waals surface area (Å²) in [6.07, 6.45) is 0.978. The molecule has 1 aromatic carbocycles. The second-order valence-corrected chi connectivity index (χ2v) is 18.9. The number of carbonyl (C=O) groups is 7. The fraction of sp³-hybridized carbons (Fsp3) is 0.605. The van der Waals surface area contributed by atoms with E-state index in [1.165, 1.54) is 21.9 Å². The molecule has 7 amide bonds. The van der Waals surface area contributed by atoms with E-state index < -0.39 is 116 Å². The molecule has 21 heteroatoms. The fourth-order valence-corrected chi connectivity index (χ4v) is 9.74. The van der Waals surface area contributed by atoms with Gasteiger partial charge < -0.3 is 29.9 Å². The van der Waals surface area contributed by atoms with Gasteiger partial charge in [0.25, 0.3) is 11.8 Å². The molecule has 6 rings (SSSR count). The summed E-state index contributed by atoms with van der Waals surface area (Å²) in [5, 5.41) is 4.20. The molecular formula is C38H47Cl2FN6O11S. The van der Waals surface area contributed by atoms with Crippen molar-refractivity contribution in [2.75, 3.05) is 31.4 Å². The first-order valence-electron chi connectivity index (χ1n) is 19.3. The van der Waals surface area contributed by atoms with E-state index in [-0.39, 0.29) is 56.2 Å². The van der Waals surface area contributed by atoms with Gasteiger partial charge in [0.15, 0.2) is 0 Å². The highest BCUT2D eigenvalue weighted by Gasteiger charge is 2.65. The number of nitrogens with one attached hydrogen (secondary N) is 2. The summed E-state index contributed by atoms with van der Waals surface area (Å²) in [5.74, 6) is -7.34. The van der Waals surface area contributed by atoms with Crippen molar-refractivity contribution in [2.45, 2.75) is 107 Å². The van der Waals surface area contributed by atoms with Gasteiger partial charge in [-0.3, -0.25) is 28.9 Å². The van der Waals surface area contributed by atoms with Crippen molar-refractivity contribution in [3.8, 4) is 0 Å². The first-order valence-corrected chi connectivity index (χ1v) is 21.9. The van der Waals surface area contributed by atoms with Crippen LogP contribution in [-0.4, -0.2) is 135 Å². The van der Waals surface area contributed by atoms with E-state index in [9.17, 15) is 46.4 Å². The number of fused-ring (bicyclic) bond motifs is 3. The molecule has 0 bridgehead atoms. The lowest BCUT2D eigenvalue weighted by Gasteiger charge is -2.33. The van der Waals surface area contributed by atoms with Crippen LogP contribution < -0.4 is 10.6 Å². The highest BCUT2D eigenvalue weighted by atomic mass is 35.5. The zero-order valence-electron chi connectivity index (χ0n) is 32.8. The summed E-state index contributed by atoms with van der Waals surface area (Å²) in [5.41, 5.74) is -2.04. The zero-order chi connectivity index (χ0) is 43.0. The van der Waals surface area contributed by atoms with E-state index >= 15 is 0 Å². The van der Waals surface area contributed by atoms with Gasteiger partial charge in [-0.05, 0) is 64.5 Å². The Labute approximate surface area is 350 Å². The van der Waals surface area contributed by atoms with Gasteiger partial charge in [0, 0.05) is 31.0 Å². The molecule has 0 radical (unpaired) electrons. The molecule has 2 N–H and O–H groups in total. The molecule has 1 aromatic rings. The van der Waals surface area contributed by atoms with Crippen LogP contribution in [-0.2, 0) is 56.6 Å². The molecule has 2 saturated carbocycles. The summed E-state index contributed by atoms with van der Waals surface area (Å²) < 4.78 is 52.9. The summed E-state index contributed by atoms with van der Waals surface area (Å²) in [7, 11) is -4.49. The first kappa shape index (κ1) is 44.1. The van der Waals surface area contributed by atoms with Crippen LogP contribution in [0.4, 0.5) is 14.0 Å². The van der Waals surface area contributed by atoms with Crippen LogP contribution >= 0.6 is 23.2 Å². The van der Waals surface area contributed by atoms with Gasteiger partial charge in [-0.15, -0.1) is 23.2 Å². The normalized spacial score (nSPS) is 26.6. The molecule has 59 heavy (non-hydrogen) atoms. The van der Waals surface area contributed by atoms with E-state index in [1.807, 2.05) is 0 Å². The number of benzene rings is 1. The van der Waals surface area contributed by atoms with Gasteiger partial charge in [-0.2, -0.15) is 4.31 Å². The van der Waals surface area contributed by atoms with Crippen molar-refractivity contribution in [3.63, 3.8) is 0 Å². The predicted octanol–water partition coefficient (Wildman–Crippen LogP) is 2.52. The van der Waals surface area contributed by atoms with Crippen molar-refractivity contribution in [2.24, 2.45) is 5.92 Å². The molecule has 1 unspecified atom stereocenters. The number of sulfonamides is 1. The second kappa shape index (κ2) is 17.2. The Kier molecular flexibility index (Phi) is 12.9. The van der Waals surface area contributed by atoms with Gasteiger partial charge in [0.1, 0.15) is 46.9 Å². The lowest BCUT2D eigenvalue weighted by Crippen LogP contribution is -2.61. The maximum absolute atomic E-state index is 14.7. The Balaban J connectivity index is 1.35. The monoisotopic (exact) mass is 884 g/mol. The van der Waals surface area contributed by atoms with Crippen LogP contribution in [0.1, 0.15) is 70.4 Å². The number of alkyl halides is 2. The molecule has 1 saturated heterocycles. The topological polar surface area (TPSA) is 209 Å². The summed E-state index contributed by atoms with van der Waals surface area (Å²) in [6, 6.07) is 1.44. The average molecular weight is 886 g/mol. The number of halogens is 3. The van der Waals surface area contributed by atoms with Crippen molar-refractivity contribution < 1.29 is 55.8 Å². The Morgan fingerprint density at radius 2 is 1.78 bits per heavy atom. The smallest absolute Gasteiger partial charge is 0.410 e. The standard InChI is InChI=1S/C38H47Cl2FN6O11S/c1-37(2,3)58-35(53)42-28-21-44(30(48)16-39)13-6-4-5-9-23-15-38(23,34(52)47(31(49)17-40)59(55,56)25-11-12-25)43-32(50)29-14-24(19-46(29)33(28)51)57-36(54)45-18-22-8-7-10-27(41)26(22)20-45/h5,7-10,23-25,28-29H,4,6,11-21H2,1-3H3,(H,42,53)(H,43,50)/b9-5-/t23-,24?,28-,29-,38+/m0/s1. The molecule has 3 aliphatic heterocycles. The lowest BCUT2D eigenvalue weighted by molar-refractivity contribution is -0.144. The second-order valence-electron chi connectivity index (χ2n) is 16.3. The molecule has 3 heterocycles. The van der Waals surface area contributed by atoms with Crippen molar-refractivity contribution in [3.05, 3.63) is 47.3 Å². The van der Waals surface area contributed by atoms with Crippen LogP contribution in [0, 0.1) is 11.7 Å². The minimum absolute atomic E-state index is 0.0400. The van der Waals surface area contributed by atoms with E-state index in [0.29, 0.717) is 24.0 Å². The summed E-state index contributed by atoms with van der Waals surface area (Å²) >= 11 is 11.8. The molecule has 5 aliphatic rings.